The number of hydrogen-bond acceptors (Lipinski definition) is 3. The van der Waals surface area contributed by atoms with E-state index in [1.54, 1.807) is 11.1 Å². The quantitative estimate of drug-likeness (QED) is 0.183. The number of rotatable bonds is 11. The molecule has 0 aromatic carbocycles. The molecule has 0 spiro atoms. The van der Waals surface area contributed by atoms with Crippen LogP contribution in [-0.2, 0) is 0 Å². The Labute approximate surface area is 357 Å². The van der Waals surface area contributed by atoms with Crippen molar-refractivity contribution in [2.75, 3.05) is 0 Å². The van der Waals surface area contributed by atoms with Gasteiger partial charge in [-0.1, -0.05) is 148 Å². The lowest BCUT2D eigenvalue weighted by atomic mass is 9.60. The smallest absolute Gasteiger partial charge is 0.0811 e. The summed E-state index contributed by atoms with van der Waals surface area (Å²) in [5.74, 6) is 6.77. The summed E-state index contributed by atoms with van der Waals surface area (Å²) in [6, 6.07) is 0. The summed E-state index contributed by atoms with van der Waals surface area (Å²) in [5, 5.41) is 30.2. The lowest BCUT2D eigenvalue weighted by Gasteiger charge is -2.44. The summed E-state index contributed by atoms with van der Waals surface area (Å²) in [5.41, 5.74) is 8.49. The normalized spacial score (nSPS) is 38.8. The minimum atomic E-state index is -0.595. The van der Waals surface area contributed by atoms with Crippen LogP contribution in [0.25, 0.3) is 0 Å². The summed E-state index contributed by atoms with van der Waals surface area (Å²) in [6.45, 7) is 30.1. The number of aliphatic hydroxyl groups is 3. The fraction of sp³-hybridized carbons (Fsp3) is 0.745. The van der Waals surface area contributed by atoms with Crippen molar-refractivity contribution in [3.8, 4) is 0 Å². The molecule has 0 heterocycles. The van der Waals surface area contributed by atoms with E-state index in [1.807, 2.05) is 0 Å². The molecular formula is C55H88O3. The predicted molar refractivity (Wildman–Crippen MR) is 248 cm³/mol. The third kappa shape index (κ3) is 11.3. The van der Waals surface area contributed by atoms with E-state index in [1.165, 1.54) is 94.6 Å². The summed E-state index contributed by atoms with van der Waals surface area (Å²) in [6.07, 6.45) is 34.0. The Kier molecular flexibility index (Phi) is 16.9. The maximum absolute atomic E-state index is 10.1. The third-order valence-electron chi connectivity index (χ3n) is 17.1. The van der Waals surface area contributed by atoms with E-state index >= 15 is 0 Å². The highest BCUT2D eigenvalue weighted by atomic mass is 16.3. The average molecular weight is 797 g/mol. The molecule has 0 aliphatic heterocycles. The summed E-state index contributed by atoms with van der Waals surface area (Å²) >= 11 is 0. The van der Waals surface area contributed by atoms with Crippen molar-refractivity contribution in [2.45, 2.75) is 196 Å². The van der Waals surface area contributed by atoms with E-state index in [4.69, 9.17) is 0 Å². The Morgan fingerprint density at radius 3 is 1.83 bits per heavy atom. The molecule has 3 heteroatoms. The first-order valence-corrected chi connectivity index (χ1v) is 24.3. The maximum atomic E-state index is 10.1. The van der Waals surface area contributed by atoms with Crippen molar-refractivity contribution < 1.29 is 15.3 Å². The Bertz CT molecular complexity index is 1550. The maximum Gasteiger partial charge on any atom is 0.0811 e. The molecule has 6 fully saturated rings. The highest BCUT2D eigenvalue weighted by Crippen LogP contribution is 2.61. The molecule has 3 N–H and O–H groups in total. The van der Waals surface area contributed by atoms with E-state index in [-0.39, 0.29) is 6.10 Å². The van der Waals surface area contributed by atoms with Crippen LogP contribution in [-0.4, -0.2) is 33.6 Å². The van der Waals surface area contributed by atoms with E-state index in [0.717, 1.165) is 65.9 Å². The van der Waals surface area contributed by atoms with Gasteiger partial charge < -0.3 is 15.3 Å². The van der Waals surface area contributed by atoms with E-state index < -0.39 is 12.2 Å². The van der Waals surface area contributed by atoms with Gasteiger partial charge in [-0.15, -0.1) is 0 Å². The number of fused-ring (bicyclic) bond motifs is 2. The molecule has 0 aromatic rings. The van der Waals surface area contributed by atoms with Crippen molar-refractivity contribution in [3.63, 3.8) is 0 Å². The van der Waals surface area contributed by atoms with Crippen LogP contribution in [0, 0.1) is 64.1 Å². The van der Waals surface area contributed by atoms with Crippen LogP contribution in [0.15, 0.2) is 83.1 Å². The van der Waals surface area contributed by atoms with Gasteiger partial charge >= 0.3 is 0 Å². The summed E-state index contributed by atoms with van der Waals surface area (Å²) in [4.78, 5) is 0. The molecule has 0 saturated heterocycles. The van der Waals surface area contributed by atoms with Crippen LogP contribution in [0.4, 0.5) is 0 Å². The van der Waals surface area contributed by atoms with Crippen molar-refractivity contribution in [3.05, 3.63) is 83.1 Å². The molecule has 0 unspecified atom stereocenters. The Hall–Kier alpha value is -1.94. The van der Waals surface area contributed by atoms with Gasteiger partial charge in [0.2, 0.25) is 0 Å². The van der Waals surface area contributed by atoms with Crippen LogP contribution >= 0.6 is 0 Å². The Morgan fingerprint density at radius 1 is 0.655 bits per heavy atom. The summed E-state index contributed by atoms with van der Waals surface area (Å²) < 4.78 is 0. The minimum absolute atomic E-state index is 0.182. The first-order chi connectivity index (χ1) is 27.4. The molecular weight excluding hydrogens is 709 g/mol. The molecule has 12 atom stereocenters. The zero-order valence-corrected chi connectivity index (χ0v) is 38.9. The van der Waals surface area contributed by atoms with Gasteiger partial charge in [-0.2, -0.15) is 0 Å². The lowest BCUT2D eigenvalue weighted by Crippen LogP contribution is -2.36. The molecule has 0 aromatic heterocycles. The van der Waals surface area contributed by atoms with Gasteiger partial charge in [0.25, 0.3) is 0 Å². The minimum Gasteiger partial charge on any atom is -0.393 e. The molecule has 58 heavy (non-hydrogen) atoms. The van der Waals surface area contributed by atoms with Crippen molar-refractivity contribution >= 4 is 0 Å². The van der Waals surface area contributed by atoms with Crippen molar-refractivity contribution in [2.24, 2.45) is 64.1 Å². The first kappa shape index (κ1) is 47.1. The van der Waals surface area contributed by atoms with Gasteiger partial charge in [0.15, 0.2) is 0 Å². The zero-order valence-electron chi connectivity index (χ0n) is 38.9. The molecule has 0 radical (unpaired) electrons. The second kappa shape index (κ2) is 20.8. The van der Waals surface area contributed by atoms with Crippen molar-refractivity contribution in [1.29, 1.82) is 0 Å². The van der Waals surface area contributed by atoms with Crippen molar-refractivity contribution in [1.82, 2.24) is 0 Å². The molecule has 6 aliphatic rings. The van der Waals surface area contributed by atoms with Gasteiger partial charge in [0.05, 0.1) is 18.3 Å². The largest absolute Gasteiger partial charge is 0.393 e. The van der Waals surface area contributed by atoms with Gasteiger partial charge in [-0.05, 0) is 171 Å². The Balaban J connectivity index is 0.000000221. The standard InChI is InChI=1S/C28H44O.C27H44O2/c1-19(2)20(3)9-10-22(5)26-15-16-27-23(8-7-17-28(26,27)6)12-13-24-18-25(29)14-11-21(24)4;1-18(2)8-6-9-19(3)24-13-14-25-21(10-7-15-27(24,25)5)11-12-22-16-23(28)17-26(29)20(22)4/h9-10,12-13,19-20,22,25-27,29H,4,7-8,11,14-18H2,1-3,5-6H3;11-12,18-19,23-26,28-29H,4,6-10,13-17H2,1-3,5H3/b10-9+,23-12+,24-13-;21-11+,22-12-/t20-,22+,25-,26+,27-,28+;19-,23-,24-,25+,26+,27-/m01/s1. The van der Waals surface area contributed by atoms with Gasteiger partial charge in [0.1, 0.15) is 0 Å². The first-order valence-electron chi connectivity index (χ1n) is 24.3. The molecule has 0 bridgehead atoms. The van der Waals surface area contributed by atoms with E-state index in [9.17, 15) is 15.3 Å². The van der Waals surface area contributed by atoms with Gasteiger partial charge in [-0.25, -0.2) is 0 Å². The molecule has 6 saturated carbocycles. The molecule has 326 valence electrons. The molecule has 6 aliphatic carbocycles. The number of hydrogen-bond donors (Lipinski definition) is 3. The van der Waals surface area contributed by atoms with Crippen LogP contribution in [0.3, 0.4) is 0 Å². The topological polar surface area (TPSA) is 60.7 Å². The Morgan fingerprint density at radius 2 is 1.22 bits per heavy atom. The SMILES string of the molecule is C=C1/C(=C\C=C2/CCC[C@]3(C)[C@@H]([C@H](C)CCCC(C)C)CC[C@@H]23)C[C@@H](O)C[C@@H]1O.C=C1CC[C@H](O)C/C1=C/C=C1\CCC[C@]2(C)[C@@H]([C@H](C)/C=C/[C@H](C)C(C)C)CC[C@@H]12. The third-order valence-corrected chi connectivity index (χ3v) is 17.1. The molecule has 6 rings (SSSR count). The summed E-state index contributed by atoms with van der Waals surface area (Å²) in [7, 11) is 0. The van der Waals surface area contributed by atoms with E-state index in [2.05, 4.69) is 112 Å². The van der Waals surface area contributed by atoms with Gasteiger partial charge in [0, 0.05) is 6.42 Å². The monoisotopic (exact) mass is 797 g/mol. The fourth-order valence-electron chi connectivity index (χ4n) is 13.0. The molecule has 3 nitrogen and oxygen atoms in total. The van der Waals surface area contributed by atoms with Gasteiger partial charge in [-0.3, -0.25) is 0 Å². The van der Waals surface area contributed by atoms with E-state index in [0.29, 0.717) is 41.4 Å². The number of allylic oxidation sites excluding steroid dienone is 9. The zero-order chi connectivity index (χ0) is 42.4. The average Bonchev–Trinajstić information content (AvgIpc) is 3.72. The second-order valence-electron chi connectivity index (χ2n) is 21.8. The highest BCUT2D eigenvalue weighted by molar-refractivity contribution is 5.39. The predicted octanol–water partition coefficient (Wildman–Crippen LogP) is 14.2. The van der Waals surface area contributed by atoms with Crippen LogP contribution in [0.5, 0.6) is 0 Å². The lowest BCUT2D eigenvalue weighted by molar-refractivity contribution is 0.0861. The molecule has 0 amide bonds. The van der Waals surface area contributed by atoms with Crippen LogP contribution in [0.2, 0.25) is 0 Å². The highest BCUT2D eigenvalue weighted by Gasteiger charge is 2.51. The van der Waals surface area contributed by atoms with Crippen LogP contribution in [0.1, 0.15) is 178 Å². The fourth-order valence-corrected chi connectivity index (χ4v) is 13.0. The van der Waals surface area contributed by atoms with Crippen LogP contribution < -0.4 is 0 Å². The second-order valence-corrected chi connectivity index (χ2v) is 21.8. The number of aliphatic hydroxyl groups excluding tert-OH is 3.